The van der Waals surface area contributed by atoms with Gasteiger partial charge >= 0.3 is 0 Å². The molecule has 164 valence electrons. The number of aliphatic imine (C=N–C) groups is 1. The Labute approximate surface area is 191 Å². The summed E-state index contributed by atoms with van der Waals surface area (Å²) < 4.78 is 0. The zero-order valence-corrected chi connectivity index (χ0v) is 20.3. The lowest BCUT2D eigenvalue weighted by molar-refractivity contribution is -0.121. The Morgan fingerprint density at radius 1 is 1.14 bits per heavy atom. The maximum absolute atomic E-state index is 11.9. The Morgan fingerprint density at radius 2 is 1.79 bits per heavy atom. The van der Waals surface area contributed by atoms with E-state index in [1.807, 2.05) is 26.8 Å². The first-order valence-electron chi connectivity index (χ1n) is 9.87. The highest BCUT2D eigenvalue weighted by Crippen LogP contribution is 2.09. The molecule has 29 heavy (non-hydrogen) atoms. The van der Waals surface area contributed by atoms with Crippen LogP contribution in [0, 0.1) is 0 Å². The fourth-order valence-corrected chi connectivity index (χ4v) is 2.98. The Balaban J connectivity index is 0.00000420. The second kappa shape index (κ2) is 12.8. The Bertz CT molecular complexity index is 627. The number of guanidine groups is 1. The van der Waals surface area contributed by atoms with E-state index in [0.29, 0.717) is 5.96 Å². The molecule has 0 atom stereocenters. The fourth-order valence-electron chi connectivity index (χ4n) is 2.98. The molecule has 3 N–H and O–H groups in total. The zero-order valence-electron chi connectivity index (χ0n) is 17.9. The van der Waals surface area contributed by atoms with E-state index in [1.54, 1.807) is 19.4 Å². The first kappa shape index (κ1) is 25.3. The first-order chi connectivity index (χ1) is 13.4. The molecule has 1 aliphatic heterocycles. The second-order valence-corrected chi connectivity index (χ2v) is 7.88. The van der Waals surface area contributed by atoms with Crippen LogP contribution in [-0.2, 0) is 4.79 Å². The van der Waals surface area contributed by atoms with Gasteiger partial charge in [-0.05, 0) is 39.8 Å². The molecule has 1 aromatic rings. The van der Waals surface area contributed by atoms with Crippen molar-refractivity contribution >= 4 is 41.8 Å². The van der Waals surface area contributed by atoms with E-state index in [0.717, 1.165) is 51.6 Å². The van der Waals surface area contributed by atoms with Gasteiger partial charge in [-0.15, -0.1) is 24.0 Å². The van der Waals surface area contributed by atoms with Crippen LogP contribution in [0.4, 0.5) is 5.95 Å². The number of nitrogens with zero attached hydrogens (tertiary/aromatic N) is 5. The summed E-state index contributed by atoms with van der Waals surface area (Å²) in [6, 6.07) is 1.84. The number of nitrogens with one attached hydrogen (secondary N) is 3. The summed E-state index contributed by atoms with van der Waals surface area (Å²) in [5.41, 5.74) is -0.230. The number of aromatic nitrogens is 2. The van der Waals surface area contributed by atoms with Crippen molar-refractivity contribution in [2.24, 2.45) is 4.99 Å². The fraction of sp³-hybridized carbons (Fsp3) is 0.684. The summed E-state index contributed by atoms with van der Waals surface area (Å²) in [4.78, 5) is 29.3. The molecule has 0 bridgehead atoms. The topological polar surface area (TPSA) is 97.8 Å². The lowest BCUT2D eigenvalue weighted by Crippen LogP contribution is -2.49. The van der Waals surface area contributed by atoms with Crippen LogP contribution in [0.5, 0.6) is 0 Å². The molecule has 1 amide bonds. The van der Waals surface area contributed by atoms with Crippen LogP contribution in [0.2, 0.25) is 0 Å². The molecule has 1 saturated heterocycles. The summed E-state index contributed by atoms with van der Waals surface area (Å²) in [6.07, 6.45) is 4.58. The van der Waals surface area contributed by atoms with Crippen molar-refractivity contribution in [2.45, 2.75) is 32.7 Å². The van der Waals surface area contributed by atoms with E-state index >= 15 is 0 Å². The normalized spacial score (nSPS) is 15.4. The Morgan fingerprint density at radius 3 is 2.38 bits per heavy atom. The van der Waals surface area contributed by atoms with Gasteiger partial charge < -0.3 is 20.9 Å². The quantitative estimate of drug-likeness (QED) is 0.212. The molecule has 1 fully saturated rings. The maximum atomic E-state index is 11.9. The van der Waals surface area contributed by atoms with Gasteiger partial charge in [0, 0.05) is 57.7 Å². The molecular weight excluding hydrogens is 483 g/mol. The highest BCUT2D eigenvalue weighted by atomic mass is 127. The molecule has 0 unspecified atom stereocenters. The molecule has 10 heteroatoms. The van der Waals surface area contributed by atoms with Crippen LogP contribution in [0.15, 0.2) is 23.5 Å². The summed E-state index contributed by atoms with van der Waals surface area (Å²) >= 11 is 0. The second-order valence-electron chi connectivity index (χ2n) is 7.88. The monoisotopic (exact) mass is 518 g/mol. The molecule has 0 spiro atoms. The van der Waals surface area contributed by atoms with E-state index in [4.69, 9.17) is 0 Å². The van der Waals surface area contributed by atoms with Crippen molar-refractivity contribution in [2.75, 3.05) is 57.8 Å². The number of hydrogen-bond donors (Lipinski definition) is 3. The number of halogens is 1. The Kier molecular flexibility index (Phi) is 11.2. The SMILES string of the molecule is CN=C(NCCCN1CCN(c2ncccn2)CC1)NCC(=O)NC(C)(C)C.I. The molecule has 0 aliphatic carbocycles. The third-order valence-corrected chi connectivity index (χ3v) is 4.31. The van der Waals surface area contributed by atoms with Gasteiger partial charge in [-0.2, -0.15) is 0 Å². The number of hydrogen-bond acceptors (Lipinski definition) is 6. The van der Waals surface area contributed by atoms with Crippen LogP contribution >= 0.6 is 24.0 Å². The number of anilines is 1. The van der Waals surface area contributed by atoms with E-state index in [2.05, 4.69) is 40.7 Å². The van der Waals surface area contributed by atoms with Gasteiger partial charge in [-0.1, -0.05) is 0 Å². The minimum absolute atomic E-state index is 0. The van der Waals surface area contributed by atoms with Crippen molar-refractivity contribution in [3.8, 4) is 0 Å². The van der Waals surface area contributed by atoms with Gasteiger partial charge in [0.1, 0.15) is 0 Å². The van der Waals surface area contributed by atoms with Gasteiger partial charge in [0.05, 0.1) is 6.54 Å². The van der Waals surface area contributed by atoms with Crippen molar-refractivity contribution in [1.82, 2.24) is 30.8 Å². The summed E-state index contributed by atoms with van der Waals surface area (Å²) in [6.45, 7) is 11.9. The molecule has 0 aromatic carbocycles. The van der Waals surface area contributed by atoms with Crippen molar-refractivity contribution in [1.29, 1.82) is 0 Å². The van der Waals surface area contributed by atoms with Crippen molar-refractivity contribution in [3.05, 3.63) is 18.5 Å². The number of carbonyl (C=O) groups excluding carboxylic acids is 1. The molecule has 1 aliphatic rings. The maximum Gasteiger partial charge on any atom is 0.239 e. The average molecular weight is 518 g/mol. The van der Waals surface area contributed by atoms with E-state index in [-0.39, 0.29) is 42.0 Å². The van der Waals surface area contributed by atoms with Crippen LogP contribution in [-0.4, -0.2) is 85.1 Å². The van der Waals surface area contributed by atoms with Crippen LogP contribution in [0.3, 0.4) is 0 Å². The van der Waals surface area contributed by atoms with Gasteiger partial charge in [0.25, 0.3) is 0 Å². The average Bonchev–Trinajstić information content (AvgIpc) is 2.67. The molecule has 2 heterocycles. The Hall–Kier alpha value is -1.69. The predicted octanol–water partition coefficient (Wildman–Crippen LogP) is 0.686. The standard InChI is InChI=1S/C19H34N8O.HI/c1-19(2,3)25-16(28)15-24-17(20-4)21-9-6-10-26-11-13-27(14-12-26)18-22-7-5-8-23-18;/h5,7-8H,6,9-15H2,1-4H3,(H,25,28)(H2,20,21,24);1H. The molecule has 1 aromatic heterocycles. The van der Waals surface area contributed by atoms with Gasteiger partial charge in [-0.3, -0.25) is 14.7 Å². The molecule has 0 saturated carbocycles. The third kappa shape index (κ3) is 10.1. The van der Waals surface area contributed by atoms with Crippen LogP contribution in [0.1, 0.15) is 27.2 Å². The van der Waals surface area contributed by atoms with E-state index < -0.39 is 0 Å². The van der Waals surface area contributed by atoms with Gasteiger partial charge in [0.2, 0.25) is 11.9 Å². The van der Waals surface area contributed by atoms with Gasteiger partial charge in [0.15, 0.2) is 5.96 Å². The first-order valence-corrected chi connectivity index (χ1v) is 9.87. The third-order valence-electron chi connectivity index (χ3n) is 4.31. The summed E-state index contributed by atoms with van der Waals surface area (Å²) in [5, 5.41) is 9.23. The van der Waals surface area contributed by atoms with Crippen molar-refractivity contribution < 1.29 is 4.79 Å². The minimum atomic E-state index is -0.230. The minimum Gasteiger partial charge on any atom is -0.356 e. The predicted molar refractivity (Wildman–Crippen MR) is 128 cm³/mol. The van der Waals surface area contributed by atoms with E-state index in [1.165, 1.54) is 0 Å². The lowest BCUT2D eigenvalue weighted by Gasteiger charge is -2.34. The molecular formula is C19H35IN8O. The highest BCUT2D eigenvalue weighted by Gasteiger charge is 2.18. The van der Waals surface area contributed by atoms with Gasteiger partial charge in [-0.25, -0.2) is 9.97 Å². The summed E-state index contributed by atoms with van der Waals surface area (Å²) in [5.74, 6) is 1.42. The highest BCUT2D eigenvalue weighted by molar-refractivity contribution is 14.0. The number of amides is 1. The molecule has 0 radical (unpaired) electrons. The van der Waals surface area contributed by atoms with Crippen LogP contribution < -0.4 is 20.9 Å². The number of carbonyl (C=O) groups is 1. The molecule has 9 nitrogen and oxygen atoms in total. The smallest absolute Gasteiger partial charge is 0.239 e. The summed E-state index contributed by atoms with van der Waals surface area (Å²) in [7, 11) is 1.71. The largest absolute Gasteiger partial charge is 0.356 e. The van der Waals surface area contributed by atoms with E-state index in [9.17, 15) is 4.79 Å². The molecule has 2 rings (SSSR count). The zero-order chi connectivity index (χ0) is 20.4. The van der Waals surface area contributed by atoms with Crippen molar-refractivity contribution in [3.63, 3.8) is 0 Å². The number of rotatable bonds is 7. The number of piperazine rings is 1. The lowest BCUT2D eigenvalue weighted by atomic mass is 10.1. The van der Waals surface area contributed by atoms with Crippen LogP contribution in [0.25, 0.3) is 0 Å².